The Kier molecular flexibility index (Phi) is 5.02. The Bertz CT molecular complexity index is 619. The van der Waals surface area contributed by atoms with Gasteiger partial charge in [0.2, 0.25) is 0 Å². The highest BCUT2D eigenvalue weighted by Crippen LogP contribution is 2.34. The summed E-state index contributed by atoms with van der Waals surface area (Å²) in [6, 6.07) is 10.4. The van der Waals surface area contributed by atoms with Crippen molar-refractivity contribution in [2.24, 2.45) is 5.73 Å². The summed E-state index contributed by atoms with van der Waals surface area (Å²) < 4.78 is 19.7. The van der Waals surface area contributed by atoms with Crippen LogP contribution in [-0.4, -0.2) is 6.04 Å². The van der Waals surface area contributed by atoms with E-state index in [-0.39, 0.29) is 11.1 Å². The molecule has 0 saturated heterocycles. The number of benzene rings is 2. The topological polar surface area (TPSA) is 35.2 Å². The summed E-state index contributed by atoms with van der Waals surface area (Å²) in [7, 11) is 0. The zero-order chi connectivity index (χ0) is 14.7. The van der Waals surface area contributed by atoms with Gasteiger partial charge >= 0.3 is 0 Å². The predicted molar refractivity (Wildman–Crippen MR) is 83.0 cm³/mol. The van der Waals surface area contributed by atoms with E-state index in [9.17, 15) is 4.39 Å². The van der Waals surface area contributed by atoms with Crippen LogP contribution in [0.2, 0.25) is 5.02 Å². The molecule has 0 amide bonds. The second kappa shape index (κ2) is 6.57. The lowest BCUT2D eigenvalue weighted by Crippen LogP contribution is -2.17. The number of halogens is 3. The van der Waals surface area contributed by atoms with E-state index in [1.807, 2.05) is 31.2 Å². The summed E-state index contributed by atoms with van der Waals surface area (Å²) in [6.07, 6.45) is 0.757. The van der Waals surface area contributed by atoms with Crippen LogP contribution in [0, 0.1) is 5.82 Å². The van der Waals surface area contributed by atoms with Crippen LogP contribution in [0.3, 0.4) is 0 Å². The Morgan fingerprint density at radius 1 is 1.35 bits per heavy atom. The van der Waals surface area contributed by atoms with E-state index >= 15 is 0 Å². The summed E-state index contributed by atoms with van der Waals surface area (Å²) in [6.45, 7) is 1.94. The van der Waals surface area contributed by atoms with Crippen LogP contribution in [0.5, 0.6) is 11.5 Å². The van der Waals surface area contributed by atoms with Crippen molar-refractivity contribution in [3.8, 4) is 11.5 Å². The minimum absolute atomic E-state index is 0.0509. The lowest BCUT2D eigenvalue weighted by molar-refractivity contribution is 0.473. The van der Waals surface area contributed by atoms with Crippen molar-refractivity contribution in [2.45, 2.75) is 19.4 Å². The quantitative estimate of drug-likeness (QED) is 0.787. The largest absolute Gasteiger partial charge is 0.456 e. The molecule has 2 rings (SSSR count). The van der Waals surface area contributed by atoms with Crippen LogP contribution >= 0.6 is 27.5 Å². The van der Waals surface area contributed by atoms with Gasteiger partial charge in [0.05, 0.1) is 9.50 Å². The van der Waals surface area contributed by atoms with Gasteiger partial charge in [0.25, 0.3) is 0 Å². The van der Waals surface area contributed by atoms with Gasteiger partial charge in [-0.05, 0) is 53.0 Å². The van der Waals surface area contributed by atoms with Gasteiger partial charge in [-0.15, -0.1) is 0 Å². The van der Waals surface area contributed by atoms with Crippen molar-refractivity contribution in [1.82, 2.24) is 0 Å². The van der Waals surface area contributed by atoms with E-state index in [1.165, 1.54) is 12.1 Å². The van der Waals surface area contributed by atoms with Gasteiger partial charge in [-0.25, -0.2) is 4.39 Å². The van der Waals surface area contributed by atoms with Crippen molar-refractivity contribution >= 4 is 27.5 Å². The number of rotatable bonds is 4. The third-order valence-electron chi connectivity index (χ3n) is 2.66. The molecule has 0 saturated carbocycles. The molecule has 1 atom stereocenters. The SMILES string of the molecule is CC(N)Cc1cccc(Oc2cc(F)c(Cl)cc2Br)c1. The first-order valence-electron chi connectivity index (χ1n) is 6.12. The van der Waals surface area contributed by atoms with Gasteiger partial charge in [-0.1, -0.05) is 23.7 Å². The highest BCUT2D eigenvalue weighted by atomic mass is 79.9. The van der Waals surface area contributed by atoms with Gasteiger partial charge in [-0.2, -0.15) is 0 Å². The van der Waals surface area contributed by atoms with Crippen LogP contribution in [0.4, 0.5) is 4.39 Å². The van der Waals surface area contributed by atoms with Gasteiger partial charge in [-0.3, -0.25) is 0 Å². The number of hydrogen-bond donors (Lipinski definition) is 1. The highest BCUT2D eigenvalue weighted by Gasteiger charge is 2.09. The predicted octanol–water partition coefficient (Wildman–Crippen LogP) is 4.92. The maximum atomic E-state index is 13.5. The number of hydrogen-bond acceptors (Lipinski definition) is 2. The maximum Gasteiger partial charge on any atom is 0.145 e. The fourth-order valence-corrected chi connectivity index (χ4v) is 2.54. The van der Waals surface area contributed by atoms with Gasteiger partial charge in [0.1, 0.15) is 17.3 Å². The summed E-state index contributed by atoms with van der Waals surface area (Å²) in [5.41, 5.74) is 6.85. The molecule has 20 heavy (non-hydrogen) atoms. The molecule has 0 aliphatic rings. The molecule has 0 aliphatic carbocycles. The molecule has 0 fully saturated rings. The molecular weight excluding hydrogens is 345 g/mol. The zero-order valence-corrected chi connectivity index (χ0v) is 13.2. The first kappa shape index (κ1) is 15.3. The van der Waals surface area contributed by atoms with Crippen LogP contribution in [0.1, 0.15) is 12.5 Å². The number of ether oxygens (including phenoxy) is 1. The highest BCUT2D eigenvalue weighted by molar-refractivity contribution is 9.10. The molecule has 0 radical (unpaired) electrons. The van der Waals surface area contributed by atoms with Gasteiger partial charge in [0.15, 0.2) is 0 Å². The van der Waals surface area contributed by atoms with Gasteiger partial charge in [0, 0.05) is 12.1 Å². The molecule has 0 spiro atoms. The Morgan fingerprint density at radius 3 is 2.80 bits per heavy atom. The van der Waals surface area contributed by atoms with Crippen LogP contribution in [-0.2, 0) is 6.42 Å². The van der Waals surface area contributed by atoms with E-state index in [4.69, 9.17) is 22.1 Å². The Morgan fingerprint density at radius 2 is 2.10 bits per heavy atom. The van der Waals surface area contributed by atoms with Crippen molar-refractivity contribution in [2.75, 3.05) is 0 Å². The van der Waals surface area contributed by atoms with Crippen molar-refractivity contribution in [1.29, 1.82) is 0 Å². The summed E-state index contributed by atoms with van der Waals surface area (Å²) in [4.78, 5) is 0. The summed E-state index contributed by atoms with van der Waals surface area (Å²) in [5.74, 6) is 0.493. The second-order valence-corrected chi connectivity index (χ2v) is 5.89. The molecule has 0 aliphatic heterocycles. The van der Waals surface area contributed by atoms with Crippen LogP contribution in [0.25, 0.3) is 0 Å². The fraction of sp³-hybridized carbons (Fsp3) is 0.200. The van der Waals surface area contributed by atoms with E-state index in [2.05, 4.69) is 15.9 Å². The maximum absolute atomic E-state index is 13.5. The molecular formula is C15H14BrClFNO. The molecule has 2 nitrogen and oxygen atoms in total. The molecule has 0 bridgehead atoms. The average molecular weight is 359 g/mol. The fourth-order valence-electron chi connectivity index (χ4n) is 1.82. The minimum atomic E-state index is -0.517. The first-order valence-corrected chi connectivity index (χ1v) is 7.29. The summed E-state index contributed by atoms with van der Waals surface area (Å²) in [5, 5.41) is 0.0509. The summed E-state index contributed by atoms with van der Waals surface area (Å²) >= 11 is 9.00. The van der Waals surface area contributed by atoms with Crippen molar-refractivity contribution in [3.63, 3.8) is 0 Å². The molecule has 2 N–H and O–H groups in total. The molecule has 0 aromatic heterocycles. The standard InChI is InChI=1S/C15H14BrClFNO/c1-9(19)5-10-3-2-4-11(6-10)20-15-8-14(18)13(17)7-12(15)16/h2-4,6-9H,5,19H2,1H3. The molecule has 2 aromatic rings. The lowest BCUT2D eigenvalue weighted by atomic mass is 10.1. The Labute approximate surface area is 130 Å². The van der Waals surface area contributed by atoms with Crippen LogP contribution < -0.4 is 10.5 Å². The molecule has 1 unspecified atom stereocenters. The zero-order valence-electron chi connectivity index (χ0n) is 10.9. The minimum Gasteiger partial charge on any atom is -0.456 e. The normalized spacial score (nSPS) is 12.2. The third-order valence-corrected chi connectivity index (χ3v) is 3.57. The monoisotopic (exact) mass is 357 g/mol. The van der Waals surface area contributed by atoms with Crippen molar-refractivity contribution in [3.05, 3.63) is 57.3 Å². The molecule has 0 heterocycles. The van der Waals surface area contributed by atoms with E-state index in [1.54, 1.807) is 0 Å². The van der Waals surface area contributed by atoms with Crippen molar-refractivity contribution < 1.29 is 9.13 Å². The first-order chi connectivity index (χ1) is 9.45. The number of nitrogens with two attached hydrogens (primary N) is 1. The molecule has 5 heteroatoms. The van der Waals surface area contributed by atoms with Gasteiger partial charge < -0.3 is 10.5 Å². The lowest BCUT2D eigenvalue weighted by Gasteiger charge is -2.11. The van der Waals surface area contributed by atoms with E-state index in [0.717, 1.165) is 12.0 Å². The second-order valence-electron chi connectivity index (χ2n) is 4.63. The van der Waals surface area contributed by atoms with E-state index < -0.39 is 5.82 Å². The smallest absolute Gasteiger partial charge is 0.145 e. The Hall–Kier alpha value is -1.10. The molecule has 106 valence electrons. The average Bonchev–Trinajstić information content (AvgIpc) is 2.35. The van der Waals surface area contributed by atoms with E-state index in [0.29, 0.717) is 16.0 Å². The third kappa shape index (κ3) is 3.95. The molecule has 2 aromatic carbocycles. The Balaban J connectivity index is 2.24. The van der Waals surface area contributed by atoms with Crippen LogP contribution in [0.15, 0.2) is 40.9 Å².